The van der Waals surface area contributed by atoms with Crippen LogP contribution in [-0.4, -0.2) is 11.3 Å². The van der Waals surface area contributed by atoms with Gasteiger partial charge in [0, 0.05) is 5.56 Å². The Balaban J connectivity index is 0.00000225. The zero-order valence-corrected chi connectivity index (χ0v) is 9.13. The summed E-state index contributed by atoms with van der Waals surface area (Å²) in [6.45, 7) is 0. The fourth-order valence-electron chi connectivity index (χ4n) is 0.999. The van der Waals surface area contributed by atoms with E-state index in [2.05, 4.69) is 0 Å². The van der Waals surface area contributed by atoms with Crippen molar-refractivity contribution in [2.75, 3.05) is 0 Å². The van der Waals surface area contributed by atoms with E-state index in [4.69, 9.17) is 17.3 Å². The van der Waals surface area contributed by atoms with E-state index in [0.29, 0.717) is 12.1 Å². The topological polar surface area (TPSA) is 46.2 Å². The van der Waals surface area contributed by atoms with E-state index >= 15 is 0 Å². The monoisotopic (exact) mass is 279 g/mol. The summed E-state index contributed by atoms with van der Waals surface area (Å²) in [5.41, 5.74) is 4.02. The highest BCUT2D eigenvalue weighted by Crippen LogP contribution is 2.38. The molecule has 0 aromatic heterocycles. The molecule has 1 aromatic rings. The molecule has 0 heterocycles. The van der Waals surface area contributed by atoms with Gasteiger partial charge in [0.1, 0.15) is 17.6 Å². The van der Waals surface area contributed by atoms with Crippen LogP contribution in [0, 0.1) is 5.82 Å². The Kier molecular flexibility index (Phi) is 4.85. The van der Waals surface area contributed by atoms with Crippen LogP contribution in [0.2, 0.25) is 5.02 Å². The van der Waals surface area contributed by atoms with E-state index < -0.39 is 34.4 Å². The number of alkyl halides is 3. The first-order chi connectivity index (χ1) is 6.73. The molecule has 3 N–H and O–H groups in total. The molecule has 0 spiro atoms. The predicted octanol–water partition coefficient (Wildman–Crippen LogP) is 3.17. The molecule has 0 aliphatic rings. The Hall–Kier alpha value is -0.720. The van der Waals surface area contributed by atoms with E-state index in [-0.39, 0.29) is 12.4 Å². The molecule has 0 amide bonds. The quantitative estimate of drug-likeness (QED) is 0.776. The van der Waals surface area contributed by atoms with Crippen LogP contribution in [-0.2, 0) is 0 Å². The fourth-order valence-corrected chi connectivity index (χ4v) is 1.21. The number of phenols is 1. The van der Waals surface area contributed by atoms with Crippen LogP contribution >= 0.6 is 24.0 Å². The molecule has 0 fully saturated rings. The molecule has 0 aliphatic carbocycles. The Bertz CT molecular complexity index is 383. The molecule has 1 atom stereocenters. The number of benzene rings is 1. The molecule has 0 bridgehead atoms. The minimum atomic E-state index is -4.77. The van der Waals surface area contributed by atoms with Crippen molar-refractivity contribution in [3.63, 3.8) is 0 Å². The highest BCUT2D eigenvalue weighted by Gasteiger charge is 2.39. The number of hydrogen-bond donors (Lipinski definition) is 2. The summed E-state index contributed by atoms with van der Waals surface area (Å²) in [6.07, 6.45) is -4.77. The predicted molar refractivity (Wildman–Crippen MR) is 53.3 cm³/mol. The first-order valence-electron chi connectivity index (χ1n) is 3.73. The number of nitrogens with two attached hydrogens (primary N) is 1. The van der Waals surface area contributed by atoms with Crippen LogP contribution in [0.5, 0.6) is 5.75 Å². The second-order valence-electron chi connectivity index (χ2n) is 2.84. The third kappa shape index (κ3) is 3.13. The van der Waals surface area contributed by atoms with E-state index in [1.165, 1.54) is 0 Å². The molecule has 0 saturated heterocycles. The lowest BCUT2D eigenvalue weighted by Crippen LogP contribution is -2.28. The summed E-state index contributed by atoms with van der Waals surface area (Å²) in [5, 5.41) is 8.67. The van der Waals surface area contributed by atoms with Gasteiger partial charge in [-0.3, -0.25) is 0 Å². The van der Waals surface area contributed by atoms with Crippen LogP contribution in [0.1, 0.15) is 11.6 Å². The normalized spacial score (nSPS) is 13.1. The maximum atomic E-state index is 12.7. The summed E-state index contributed by atoms with van der Waals surface area (Å²) in [4.78, 5) is 0. The maximum absolute atomic E-state index is 12.7. The summed E-state index contributed by atoms with van der Waals surface area (Å²) in [7, 11) is 0. The highest BCUT2D eigenvalue weighted by atomic mass is 35.5. The van der Waals surface area contributed by atoms with Gasteiger partial charge < -0.3 is 10.8 Å². The van der Waals surface area contributed by atoms with E-state index in [9.17, 15) is 22.7 Å². The second kappa shape index (κ2) is 5.07. The van der Waals surface area contributed by atoms with Gasteiger partial charge in [0.15, 0.2) is 0 Å². The molecule has 8 heteroatoms. The highest BCUT2D eigenvalue weighted by molar-refractivity contribution is 6.32. The first-order valence-corrected chi connectivity index (χ1v) is 4.11. The lowest BCUT2D eigenvalue weighted by Gasteiger charge is -2.17. The van der Waals surface area contributed by atoms with Gasteiger partial charge in [0.05, 0.1) is 5.02 Å². The summed E-state index contributed by atoms with van der Waals surface area (Å²) >= 11 is 5.30. The van der Waals surface area contributed by atoms with Crippen LogP contribution in [0.3, 0.4) is 0 Å². The first kappa shape index (κ1) is 15.3. The summed E-state index contributed by atoms with van der Waals surface area (Å²) in [5.74, 6) is -1.85. The molecule has 1 rings (SSSR count). The van der Waals surface area contributed by atoms with Crippen molar-refractivity contribution < 1.29 is 22.7 Å². The van der Waals surface area contributed by atoms with E-state index in [1.807, 2.05) is 0 Å². The Labute approximate surface area is 99.4 Å². The number of aromatic hydroxyl groups is 1. The number of phenolic OH excluding ortho intramolecular Hbond substituents is 1. The van der Waals surface area contributed by atoms with E-state index in [0.717, 1.165) is 0 Å². The molecule has 92 valence electrons. The average molecular weight is 280 g/mol. The molecule has 0 saturated carbocycles. The van der Waals surface area contributed by atoms with Crippen molar-refractivity contribution in [2.24, 2.45) is 5.73 Å². The molecule has 1 aromatic carbocycles. The Morgan fingerprint density at radius 2 is 1.81 bits per heavy atom. The van der Waals surface area contributed by atoms with Crippen LogP contribution in [0.15, 0.2) is 12.1 Å². The zero-order valence-electron chi connectivity index (χ0n) is 7.55. The minimum absolute atomic E-state index is 0. The minimum Gasteiger partial charge on any atom is -0.506 e. The zero-order chi connectivity index (χ0) is 11.8. The van der Waals surface area contributed by atoms with Crippen molar-refractivity contribution in [1.82, 2.24) is 0 Å². The molecule has 0 radical (unpaired) electrons. The van der Waals surface area contributed by atoms with Crippen molar-refractivity contribution in [2.45, 2.75) is 12.2 Å². The smallest absolute Gasteiger partial charge is 0.407 e. The van der Waals surface area contributed by atoms with Crippen molar-refractivity contribution in [3.05, 3.63) is 28.5 Å². The van der Waals surface area contributed by atoms with E-state index in [1.54, 1.807) is 0 Å². The van der Waals surface area contributed by atoms with Gasteiger partial charge in [-0.25, -0.2) is 4.39 Å². The molecule has 2 nitrogen and oxygen atoms in total. The van der Waals surface area contributed by atoms with Gasteiger partial charge in [0.2, 0.25) is 0 Å². The maximum Gasteiger partial charge on any atom is 0.407 e. The molecule has 0 unspecified atom stereocenters. The summed E-state index contributed by atoms with van der Waals surface area (Å²) < 4.78 is 49.3. The third-order valence-corrected chi connectivity index (χ3v) is 2.03. The largest absolute Gasteiger partial charge is 0.506 e. The number of hydrogen-bond acceptors (Lipinski definition) is 2. The molecule has 16 heavy (non-hydrogen) atoms. The standard InChI is InChI=1S/C8H6ClF4NO.ClH/c9-5-2-3(10)1-4(6(5)15)7(14)8(11,12)13;/h1-2,7,15H,14H2;1H/t7-;/m1./s1. The van der Waals surface area contributed by atoms with Crippen molar-refractivity contribution in [1.29, 1.82) is 0 Å². The number of rotatable bonds is 1. The van der Waals surface area contributed by atoms with Crippen LogP contribution < -0.4 is 5.73 Å². The van der Waals surface area contributed by atoms with Gasteiger partial charge >= 0.3 is 6.18 Å². The average Bonchev–Trinajstić information content (AvgIpc) is 2.08. The van der Waals surface area contributed by atoms with Crippen LogP contribution in [0.25, 0.3) is 0 Å². The Morgan fingerprint density at radius 3 is 2.25 bits per heavy atom. The Morgan fingerprint density at radius 1 is 1.31 bits per heavy atom. The van der Waals surface area contributed by atoms with Gasteiger partial charge in [0.25, 0.3) is 0 Å². The molecule has 0 aliphatic heterocycles. The summed E-state index contributed by atoms with van der Waals surface area (Å²) in [6, 6.07) is -1.27. The van der Waals surface area contributed by atoms with Crippen molar-refractivity contribution in [3.8, 4) is 5.75 Å². The van der Waals surface area contributed by atoms with Gasteiger partial charge in [-0.1, -0.05) is 11.6 Å². The lowest BCUT2D eigenvalue weighted by molar-refractivity contribution is -0.149. The second-order valence-corrected chi connectivity index (χ2v) is 3.25. The van der Waals surface area contributed by atoms with Gasteiger partial charge in [-0.15, -0.1) is 12.4 Å². The van der Waals surface area contributed by atoms with Gasteiger partial charge in [-0.2, -0.15) is 13.2 Å². The number of halogens is 6. The fraction of sp³-hybridized carbons (Fsp3) is 0.250. The third-order valence-electron chi connectivity index (χ3n) is 1.75. The molecular formula is C8H7Cl2F4NO. The molecular weight excluding hydrogens is 273 g/mol. The van der Waals surface area contributed by atoms with Crippen LogP contribution in [0.4, 0.5) is 17.6 Å². The lowest BCUT2D eigenvalue weighted by atomic mass is 10.1. The van der Waals surface area contributed by atoms with Gasteiger partial charge in [-0.05, 0) is 12.1 Å². The SMILES string of the molecule is Cl.N[C@H](c1cc(F)cc(Cl)c1O)C(F)(F)F. The van der Waals surface area contributed by atoms with Crippen molar-refractivity contribution >= 4 is 24.0 Å².